The van der Waals surface area contributed by atoms with Crippen molar-refractivity contribution in [2.24, 2.45) is 5.92 Å². The van der Waals surface area contributed by atoms with E-state index in [0.29, 0.717) is 19.1 Å². The summed E-state index contributed by atoms with van der Waals surface area (Å²) in [6.45, 7) is 5.16. The first-order chi connectivity index (χ1) is 9.16. The standard InChI is InChI=1S/C16H22O3/c1-12(2)15-9-8-14(17)16(19-15)11-18-10-13-6-4-3-5-7-13/h3-9,12,14-17H,10-11H2,1-2H3/t14-,15-,16-/m1/s1. The van der Waals surface area contributed by atoms with Gasteiger partial charge in [-0.3, -0.25) is 0 Å². The van der Waals surface area contributed by atoms with Crippen LogP contribution in [-0.2, 0) is 16.1 Å². The van der Waals surface area contributed by atoms with Gasteiger partial charge in [0.1, 0.15) is 12.2 Å². The van der Waals surface area contributed by atoms with Crippen LogP contribution in [0.2, 0.25) is 0 Å². The summed E-state index contributed by atoms with van der Waals surface area (Å²) in [4.78, 5) is 0. The van der Waals surface area contributed by atoms with Crippen LogP contribution < -0.4 is 0 Å². The summed E-state index contributed by atoms with van der Waals surface area (Å²) < 4.78 is 11.5. The molecule has 1 N–H and O–H groups in total. The molecule has 0 bridgehead atoms. The second-order valence-corrected chi connectivity index (χ2v) is 5.26. The lowest BCUT2D eigenvalue weighted by Crippen LogP contribution is -2.40. The van der Waals surface area contributed by atoms with Crippen LogP contribution in [0.5, 0.6) is 0 Å². The Bertz CT molecular complexity index is 400. The molecular weight excluding hydrogens is 240 g/mol. The second kappa shape index (κ2) is 6.85. The Labute approximate surface area is 114 Å². The van der Waals surface area contributed by atoms with Gasteiger partial charge in [0.2, 0.25) is 0 Å². The van der Waals surface area contributed by atoms with Gasteiger partial charge >= 0.3 is 0 Å². The van der Waals surface area contributed by atoms with Crippen LogP contribution in [0.25, 0.3) is 0 Å². The van der Waals surface area contributed by atoms with E-state index in [1.807, 2.05) is 42.5 Å². The molecular formula is C16H22O3. The van der Waals surface area contributed by atoms with Crippen molar-refractivity contribution in [2.75, 3.05) is 6.61 Å². The minimum Gasteiger partial charge on any atom is -0.386 e. The van der Waals surface area contributed by atoms with E-state index in [1.165, 1.54) is 0 Å². The largest absolute Gasteiger partial charge is 0.386 e. The molecule has 2 rings (SSSR count). The number of ether oxygens (including phenoxy) is 2. The van der Waals surface area contributed by atoms with E-state index in [2.05, 4.69) is 13.8 Å². The van der Waals surface area contributed by atoms with Crippen molar-refractivity contribution in [3.63, 3.8) is 0 Å². The lowest BCUT2D eigenvalue weighted by Gasteiger charge is -2.31. The van der Waals surface area contributed by atoms with Gasteiger partial charge in [-0.25, -0.2) is 0 Å². The predicted octanol–water partition coefficient (Wildman–Crippen LogP) is 2.54. The third-order valence-corrected chi connectivity index (χ3v) is 3.26. The lowest BCUT2D eigenvalue weighted by atomic mass is 10.0. The van der Waals surface area contributed by atoms with Gasteiger partial charge in [-0.1, -0.05) is 56.3 Å². The Balaban J connectivity index is 1.81. The average molecular weight is 262 g/mol. The van der Waals surface area contributed by atoms with Crippen LogP contribution >= 0.6 is 0 Å². The molecule has 0 saturated heterocycles. The molecule has 0 saturated carbocycles. The van der Waals surface area contributed by atoms with Gasteiger partial charge in [0.05, 0.1) is 19.3 Å². The van der Waals surface area contributed by atoms with Crippen molar-refractivity contribution < 1.29 is 14.6 Å². The maximum absolute atomic E-state index is 9.87. The maximum atomic E-state index is 9.87. The fourth-order valence-corrected chi connectivity index (χ4v) is 2.06. The van der Waals surface area contributed by atoms with E-state index >= 15 is 0 Å². The van der Waals surface area contributed by atoms with Gasteiger partial charge in [-0.2, -0.15) is 0 Å². The van der Waals surface area contributed by atoms with E-state index in [9.17, 15) is 5.11 Å². The third kappa shape index (κ3) is 4.16. The van der Waals surface area contributed by atoms with Crippen molar-refractivity contribution in [3.05, 3.63) is 48.0 Å². The summed E-state index contributed by atoms with van der Waals surface area (Å²) in [7, 11) is 0. The second-order valence-electron chi connectivity index (χ2n) is 5.26. The summed E-state index contributed by atoms with van der Waals surface area (Å²) >= 11 is 0. The molecule has 0 aliphatic carbocycles. The van der Waals surface area contributed by atoms with Crippen LogP contribution in [0, 0.1) is 5.92 Å². The Morgan fingerprint density at radius 2 is 1.95 bits per heavy atom. The van der Waals surface area contributed by atoms with E-state index in [4.69, 9.17) is 9.47 Å². The molecule has 1 aromatic rings. The SMILES string of the molecule is CC(C)[C@H]1C=C[C@@H](O)[C@@H](COCc2ccccc2)O1. The minimum atomic E-state index is -0.578. The summed E-state index contributed by atoms with van der Waals surface area (Å²) in [6, 6.07) is 10.0. The minimum absolute atomic E-state index is 0.0636. The zero-order valence-corrected chi connectivity index (χ0v) is 11.5. The highest BCUT2D eigenvalue weighted by molar-refractivity contribution is 5.13. The molecule has 0 unspecified atom stereocenters. The molecule has 1 aromatic carbocycles. The molecule has 1 heterocycles. The molecule has 104 valence electrons. The van der Waals surface area contributed by atoms with E-state index in [0.717, 1.165) is 5.56 Å². The van der Waals surface area contributed by atoms with Crippen molar-refractivity contribution in [2.45, 2.75) is 38.8 Å². The first-order valence-electron chi connectivity index (χ1n) is 6.80. The first kappa shape index (κ1) is 14.3. The van der Waals surface area contributed by atoms with Crippen LogP contribution in [0.15, 0.2) is 42.5 Å². The van der Waals surface area contributed by atoms with Crippen LogP contribution in [0.3, 0.4) is 0 Å². The zero-order valence-electron chi connectivity index (χ0n) is 11.5. The number of aliphatic hydroxyl groups is 1. The molecule has 3 nitrogen and oxygen atoms in total. The summed E-state index contributed by atoms with van der Waals surface area (Å²) in [5.41, 5.74) is 1.13. The third-order valence-electron chi connectivity index (χ3n) is 3.26. The summed E-state index contributed by atoms with van der Waals surface area (Å²) in [6.07, 6.45) is 2.95. The fourth-order valence-electron chi connectivity index (χ4n) is 2.06. The molecule has 19 heavy (non-hydrogen) atoms. The topological polar surface area (TPSA) is 38.7 Å². The highest BCUT2D eigenvalue weighted by Gasteiger charge is 2.27. The Kier molecular flexibility index (Phi) is 5.14. The van der Waals surface area contributed by atoms with Gasteiger partial charge in [0.25, 0.3) is 0 Å². The quantitative estimate of drug-likeness (QED) is 0.829. The average Bonchev–Trinajstić information content (AvgIpc) is 2.42. The van der Waals surface area contributed by atoms with Gasteiger partial charge in [-0.05, 0) is 11.5 Å². The van der Waals surface area contributed by atoms with Crippen molar-refractivity contribution in [3.8, 4) is 0 Å². The molecule has 0 fully saturated rings. The van der Waals surface area contributed by atoms with E-state index in [1.54, 1.807) is 0 Å². The normalized spacial score (nSPS) is 26.8. The molecule has 0 radical (unpaired) electrons. The molecule has 1 aliphatic heterocycles. The summed E-state index contributed by atoms with van der Waals surface area (Å²) in [5, 5.41) is 9.87. The molecule has 0 spiro atoms. The van der Waals surface area contributed by atoms with Gasteiger partial charge in [-0.15, -0.1) is 0 Å². The first-order valence-corrected chi connectivity index (χ1v) is 6.80. The van der Waals surface area contributed by atoms with E-state index in [-0.39, 0.29) is 12.2 Å². The van der Waals surface area contributed by atoms with Crippen LogP contribution in [0.4, 0.5) is 0 Å². The number of benzene rings is 1. The smallest absolute Gasteiger partial charge is 0.111 e. The van der Waals surface area contributed by atoms with Crippen LogP contribution in [-0.4, -0.2) is 30.0 Å². The number of aliphatic hydroxyl groups excluding tert-OH is 1. The fraction of sp³-hybridized carbons (Fsp3) is 0.500. The molecule has 0 amide bonds. The monoisotopic (exact) mass is 262 g/mol. The number of rotatable bonds is 5. The van der Waals surface area contributed by atoms with Crippen molar-refractivity contribution in [1.82, 2.24) is 0 Å². The maximum Gasteiger partial charge on any atom is 0.111 e. The molecule has 3 heteroatoms. The Hall–Kier alpha value is -1.16. The van der Waals surface area contributed by atoms with Gasteiger partial charge in [0, 0.05) is 0 Å². The predicted molar refractivity (Wildman–Crippen MR) is 74.7 cm³/mol. The van der Waals surface area contributed by atoms with Crippen LogP contribution in [0.1, 0.15) is 19.4 Å². The van der Waals surface area contributed by atoms with E-state index < -0.39 is 6.10 Å². The number of hydrogen-bond acceptors (Lipinski definition) is 3. The number of hydrogen-bond donors (Lipinski definition) is 1. The van der Waals surface area contributed by atoms with Gasteiger partial charge in [0.15, 0.2) is 0 Å². The molecule has 1 aliphatic rings. The molecule has 0 aromatic heterocycles. The highest BCUT2D eigenvalue weighted by Crippen LogP contribution is 2.19. The van der Waals surface area contributed by atoms with Gasteiger partial charge < -0.3 is 14.6 Å². The molecule has 3 atom stereocenters. The summed E-state index contributed by atoms with van der Waals surface area (Å²) in [5.74, 6) is 0.403. The zero-order chi connectivity index (χ0) is 13.7. The Morgan fingerprint density at radius 1 is 1.21 bits per heavy atom. The van der Waals surface area contributed by atoms with Crippen molar-refractivity contribution in [1.29, 1.82) is 0 Å². The lowest BCUT2D eigenvalue weighted by molar-refractivity contribution is -0.106. The van der Waals surface area contributed by atoms with Crippen molar-refractivity contribution >= 4 is 0 Å². The highest BCUT2D eigenvalue weighted by atomic mass is 16.5. The Morgan fingerprint density at radius 3 is 2.63 bits per heavy atom.